The Balaban J connectivity index is 1.71. The van der Waals surface area contributed by atoms with E-state index in [0.29, 0.717) is 21.8 Å². The number of thiocarbonyl (C=S) groups is 1. The summed E-state index contributed by atoms with van der Waals surface area (Å²) in [6.45, 7) is 1.37. The molecule has 1 aliphatic heterocycles. The van der Waals surface area contributed by atoms with E-state index in [9.17, 15) is 14.4 Å². The molecule has 0 aliphatic carbocycles. The van der Waals surface area contributed by atoms with Crippen molar-refractivity contribution in [3.8, 4) is 5.75 Å². The highest BCUT2D eigenvalue weighted by molar-refractivity contribution is 8.26. The summed E-state index contributed by atoms with van der Waals surface area (Å²) in [6, 6.07) is 13.8. The Morgan fingerprint density at radius 2 is 1.86 bits per heavy atom. The van der Waals surface area contributed by atoms with Crippen LogP contribution < -0.4 is 4.74 Å². The van der Waals surface area contributed by atoms with Crippen molar-refractivity contribution in [3.63, 3.8) is 0 Å². The molecule has 0 radical (unpaired) electrons. The number of nitrogens with zero attached hydrogens (tertiary/aromatic N) is 1. The summed E-state index contributed by atoms with van der Waals surface area (Å²) in [5.41, 5.74) is 2.02. The number of ether oxygens (including phenoxy) is 1. The van der Waals surface area contributed by atoms with Crippen LogP contribution in [0, 0.1) is 6.92 Å². The van der Waals surface area contributed by atoms with Crippen LogP contribution in [0.15, 0.2) is 53.4 Å². The van der Waals surface area contributed by atoms with Crippen molar-refractivity contribution < 1.29 is 24.2 Å². The van der Waals surface area contributed by atoms with E-state index >= 15 is 0 Å². The summed E-state index contributed by atoms with van der Waals surface area (Å²) >= 11 is 6.11. The number of aliphatic carboxylic acids is 1. The van der Waals surface area contributed by atoms with Crippen molar-refractivity contribution in [2.75, 3.05) is 6.54 Å². The molecule has 0 bridgehead atoms. The van der Waals surface area contributed by atoms with Crippen LogP contribution in [0.25, 0.3) is 6.08 Å². The Bertz CT molecular complexity index is 998. The molecule has 28 heavy (non-hydrogen) atoms. The first-order valence-corrected chi connectivity index (χ1v) is 9.42. The maximum absolute atomic E-state index is 12.3. The molecule has 3 rings (SSSR count). The maximum atomic E-state index is 12.3. The number of carboxylic acid groups (broad SMARTS) is 1. The molecule has 6 nitrogen and oxygen atoms in total. The Morgan fingerprint density at radius 1 is 1.18 bits per heavy atom. The minimum atomic E-state index is -1.13. The number of hydrogen-bond acceptors (Lipinski definition) is 6. The molecule has 1 N–H and O–H groups in total. The number of esters is 1. The van der Waals surface area contributed by atoms with E-state index in [1.807, 2.05) is 19.1 Å². The molecule has 2 aromatic carbocycles. The van der Waals surface area contributed by atoms with E-state index in [1.54, 1.807) is 42.5 Å². The van der Waals surface area contributed by atoms with Crippen molar-refractivity contribution in [1.29, 1.82) is 0 Å². The number of carbonyl (C=O) groups is 3. The second-order valence-corrected chi connectivity index (χ2v) is 7.61. The first-order valence-electron chi connectivity index (χ1n) is 8.20. The fraction of sp³-hybridized carbons (Fsp3) is 0.100. The number of carboxylic acids is 1. The molecule has 1 aliphatic rings. The predicted octanol–water partition coefficient (Wildman–Crippen LogP) is 3.50. The van der Waals surface area contributed by atoms with Crippen LogP contribution in [0.4, 0.5) is 0 Å². The van der Waals surface area contributed by atoms with Crippen LogP contribution in [0.1, 0.15) is 21.5 Å². The number of benzene rings is 2. The molecule has 0 aromatic heterocycles. The van der Waals surface area contributed by atoms with E-state index in [-0.39, 0.29) is 4.32 Å². The molecular formula is C20H15NO5S2. The van der Waals surface area contributed by atoms with E-state index in [4.69, 9.17) is 22.1 Å². The van der Waals surface area contributed by atoms with E-state index in [2.05, 4.69) is 0 Å². The van der Waals surface area contributed by atoms with Crippen LogP contribution in [-0.4, -0.2) is 38.7 Å². The second-order valence-electron chi connectivity index (χ2n) is 5.94. The van der Waals surface area contributed by atoms with Crippen molar-refractivity contribution in [2.24, 2.45) is 0 Å². The largest absolute Gasteiger partial charge is 0.480 e. The third-order valence-electron chi connectivity index (χ3n) is 3.92. The first kappa shape index (κ1) is 19.8. The first-order chi connectivity index (χ1) is 13.3. The van der Waals surface area contributed by atoms with Crippen molar-refractivity contribution in [3.05, 3.63) is 70.1 Å². The number of amides is 1. The Labute approximate surface area is 170 Å². The highest BCUT2D eigenvalue weighted by Crippen LogP contribution is 2.32. The van der Waals surface area contributed by atoms with Crippen LogP contribution in [0.3, 0.4) is 0 Å². The fourth-order valence-corrected chi connectivity index (χ4v) is 3.77. The van der Waals surface area contributed by atoms with Crippen molar-refractivity contribution >= 4 is 52.2 Å². The average molecular weight is 413 g/mol. The molecule has 0 spiro atoms. The van der Waals surface area contributed by atoms with Gasteiger partial charge < -0.3 is 9.84 Å². The third kappa shape index (κ3) is 4.47. The maximum Gasteiger partial charge on any atom is 0.343 e. The molecule has 2 aromatic rings. The Morgan fingerprint density at radius 3 is 2.50 bits per heavy atom. The highest BCUT2D eigenvalue weighted by Gasteiger charge is 2.33. The van der Waals surface area contributed by atoms with Crippen molar-refractivity contribution in [2.45, 2.75) is 6.92 Å². The molecule has 142 valence electrons. The molecule has 0 saturated carbocycles. The number of rotatable bonds is 5. The summed E-state index contributed by atoms with van der Waals surface area (Å²) in [6.07, 6.45) is 1.62. The monoisotopic (exact) mass is 413 g/mol. The quantitative estimate of drug-likeness (QED) is 0.348. The van der Waals surface area contributed by atoms with Gasteiger partial charge in [-0.05, 0) is 42.3 Å². The number of thioether (sulfide) groups is 1. The topological polar surface area (TPSA) is 83.9 Å². The molecule has 1 heterocycles. The lowest BCUT2D eigenvalue weighted by Gasteiger charge is -2.10. The predicted molar refractivity (Wildman–Crippen MR) is 110 cm³/mol. The zero-order chi connectivity index (χ0) is 20.3. The van der Waals surface area contributed by atoms with Gasteiger partial charge in [0.2, 0.25) is 0 Å². The molecule has 0 atom stereocenters. The zero-order valence-electron chi connectivity index (χ0n) is 14.7. The standard InChI is InChI=1S/C20H15NO5S2/c1-12-4-2-3-5-15(12)19(25)26-14-8-6-13(7-9-14)10-16-18(24)21(11-17(22)23)20(27)28-16/h2-10H,11H2,1H3,(H,22,23)/b16-10-. The SMILES string of the molecule is Cc1ccccc1C(=O)Oc1ccc(/C=C2\SC(=S)N(CC(=O)O)C2=O)cc1. The van der Waals surface area contributed by atoms with Gasteiger partial charge in [-0.15, -0.1) is 0 Å². The average Bonchev–Trinajstić information content (AvgIpc) is 2.90. The molecule has 0 unspecified atom stereocenters. The van der Waals surface area contributed by atoms with E-state index in [1.165, 1.54) is 0 Å². The summed E-state index contributed by atoms with van der Waals surface area (Å²) < 4.78 is 5.59. The highest BCUT2D eigenvalue weighted by atomic mass is 32.2. The summed E-state index contributed by atoms with van der Waals surface area (Å²) in [5.74, 6) is -1.63. The molecule has 1 fully saturated rings. The van der Waals surface area contributed by atoms with Crippen LogP contribution in [0.5, 0.6) is 5.75 Å². The summed E-state index contributed by atoms with van der Waals surface area (Å²) in [4.78, 5) is 36.8. The normalized spacial score (nSPS) is 15.2. The minimum absolute atomic E-state index is 0.211. The van der Waals surface area contributed by atoms with Gasteiger partial charge in [-0.3, -0.25) is 14.5 Å². The van der Waals surface area contributed by atoms with Gasteiger partial charge in [-0.2, -0.15) is 0 Å². The summed E-state index contributed by atoms with van der Waals surface area (Å²) in [7, 11) is 0. The van der Waals surface area contributed by atoms with E-state index in [0.717, 1.165) is 22.2 Å². The minimum Gasteiger partial charge on any atom is -0.480 e. The van der Waals surface area contributed by atoms with Crippen molar-refractivity contribution in [1.82, 2.24) is 4.90 Å². The lowest BCUT2D eigenvalue weighted by molar-refractivity contribution is -0.140. The number of hydrogen-bond donors (Lipinski definition) is 1. The molecule has 8 heteroatoms. The Kier molecular flexibility index (Phi) is 5.91. The van der Waals surface area contributed by atoms with Gasteiger partial charge in [0, 0.05) is 0 Å². The van der Waals surface area contributed by atoms with Crippen LogP contribution in [-0.2, 0) is 9.59 Å². The lowest BCUT2D eigenvalue weighted by atomic mass is 10.1. The third-order valence-corrected chi connectivity index (χ3v) is 5.30. The van der Waals surface area contributed by atoms with Gasteiger partial charge in [0.25, 0.3) is 5.91 Å². The lowest BCUT2D eigenvalue weighted by Crippen LogP contribution is -2.33. The summed E-state index contributed by atoms with van der Waals surface area (Å²) in [5, 5.41) is 8.86. The zero-order valence-corrected chi connectivity index (χ0v) is 16.4. The van der Waals surface area contributed by atoms with E-state index < -0.39 is 24.4 Å². The molecule has 1 amide bonds. The smallest absolute Gasteiger partial charge is 0.343 e. The number of carbonyl (C=O) groups excluding carboxylic acids is 2. The van der Waals surface area contributed by atoms with Crippen LogP contribution >= 0.6 is 24.0 Å². The molecular weight excluding hydrogens is 398 g/mol. The Hall–Kier alpha value is -2.97. The van der Waals surface area contributed by atoms with Gasteiger partial charge in [-0.25, -0.2) is 4.79 Å². The number of aryl methyl sites for hydroxylation is 1. The second kappa shape index (κ2) is 8.37. The van der Waals surface area contributed by atoms with Gasteiger partial charge in [0.15, 0.2) is 0 Å². The van der Waals surface area contributed by atoms with Gasteiger partial charge in [0.1, 0.15) is 16.6 Å². The molecule has 1 saturated heterocycles. The van der Waals surface area contributed by atoms with Gasteiger partial charge in [0.05, 0.1) is 10.5 Å². The van der Waals surface area contributed by atoms with Gasteiger partial charge in [-0.1, -0.05) is 54.3 Å². The van der Waals surface area contributed by atoms with Crippen LogP contribution in [0.2, 0.25) is 0 Å². The van der Waals surface area contributed by atoms with Gasteiger partial charge >= 0.3 is 11.9 Å². The fourth-order valence-electron chi connectivity index (χ4n) is 2.52.